The number of nitrogens with one attached hydrogen (secondary N) is 1. The maximum absolute atomic E-state index is 14.9. The highest BCUT2D eigenvalue weighted by molar-refractivity contribution is 7.92. The molecule has 1 unspecified atom stereocenters. The van der Waals surface area contributed by atoms with E-state index in [4.69, 9.17) is 11.6 Å². The molecule has 0 spiro atoms. The minimum Gasteiger partial charge on any atom is -0.341 e. The zero-order chi connectivity index (χ0) is 26.8. The highest BCUT2D eigenvalue weighted by Gasteiger charge is 2.36. The number of amides is 2. The second-order valence-electron chi connectivity index (χ2n) is 8.42. The van der Waals surface area contributed by atoms with Gasteiger partial charge in [0.2, 0.25) is 15.9 Å². The molecule has 0 bridgehead atoms. The van der Waals surface area contributed by atoms with Gasteiger partial charge < -0.3 is 9.80 Å². The number of benzene rings is 1. The van der Waals surface area contributed by atoms with E-state index in [9.17, 15) is 30.8 Å². The van der Waals surface area contributed by atoms with E-state index >= 15 is 0 Å². The summed E-state index contributed by atoms with van der Waals surface area (Å²) in [6.07, 6.45) is 1.18. The molecular formula is C22H25ClFN3O6S3. The summed E-state index contributed by atoms with van der Waals surface area (Å²) in [5.74, 6) is -2.26. The number of thiophene rings is 1. The van der Waals surface area contributed by atoms with Crippen molar-refractivity contribution in [2.75, 3.05) is 37.0 Å². The topological polar surface area (TPSA) is 121 Å². The second kappa shape index (κ2) is 11.0. The lowest BCUT2D eigenvalue weighted by Gasteiger charge is -2.20. The van der Waals surface area contributed by atoms with Gasteiger partial charge in [-0.2, -0.15) is 4.72 Å². The molecule has 1 aliphatic rings. The van der Waals surface area contributed by atoms with E-state index in [0.29, 0.717) is 14.8 Å². The van der Waals surface area contributed by atoms with Gasteiger partial charge in [-0.15, -0.1) is 11.3 Å². The van der Waals surface area contributed by atoms with Gasteiger partial charge in [-0.25, -0.2) is 21.2 Å². The van der Waals surface area contributed by atoms with Crippen molar-refractivity contribution in [2.24, 2.45) is 0 Å². The van der Waals surface area contributed by atoms with Crippen LogP contribution in [0.5, 0.6) is 0 Å². The predicted molar refractivity (Wildman–Crippen MR) is 139 cm³/mol. The van der Waals surface area contributed by atoms with E-state index in [1.54, 1.807) is 19.1 Å². The van der Waals surface area contributed by atoms with Crippen LogP contribution in [0.3, 0.4) is 0 Å². The van der Waals surface area contributed by atoms with Crippen LogP contribution in [0.1, 0.15) is 28.6 Å². The highest BCUT2D eigenvalue weighted by Crippen LogP contribution is 2.29. The van der Waals surface area contributed by atoms with Crippen molar-refractivity contribution in [3.05, 3.63) is 56.3 Å². The first-order valence-corrected chi connectivity index (χ1v) is 15.5. The molecule has 1 atom stereocenters. The molecule has 2 aromatic rings. The molecule has 1 N–H and O–H groups in total. The Morgan fingerprint density at radius 1 is 1.28 bits per heavy atom. The highest BCUT2D eigenvalue weighted by atomic mass is 35.5. The Labute approximate surface area is 218 Å². The molecule has 14 heteroatoms. The van der Waals surface area contributed by atoms with E-state index in [-0.39, 0.29) is 36.5 Å². The molecule has 9 nitrogen and oxygen atoms in total. The number of hydrogen-bond acceptors (Lipinski definition) is 7. The first-order valence-electron chi connectivity index (χ1n) is 10.7. The third kappa shape index (κ3) is 7.13. The zero-order valence-electron chi connectivity index (χ0n) is 19.7. The van der Waals surface area contributed by atoms with Crippen molar-refractivity contribution in [1.82, 2.24) is 9.62 Å². The summed E-state index contributed by atoms with van der Waals surface area (Å²) in [7, 11) is -5.85. The van der Waals surface area contributed by atoms with Crippen LogP contribution in [0, 0.1) is 5.82 Å². The lowest BCUT2D eigenvalue weighted by Crippen LogP contribution is -2.41. The summed E-state index contributed by atoms with van der Waals surface area (Å²) in [5.41, 5.74) is 0.358. The van der Waals surface area contributed by atoms with E-state index in [0.717, 1.165) is 22.6 Å². The Bertz CT molecular complexity index is 1420. The molecule has 1 aliphatic heterocycles. The van der Waals surface area contributed by atoms with E-state index in [1.807, 2.05) is 0 Å². The van der Waals surface area contributed by atoms with Crippen LogP contribution in [0.25, 0.3) is 5.57 Å². The Kier molecular flexibility index (Phi) is 8.61. The molecule has 1 aromatic carbocycles. The maximum atomic E-state index is 14.9. The van der Waals surface area contributed by atoms with Crippen molar-refractivity contribution >= 4 is 65.9 Å². The summed E-state index contributed by atoms with van der Waals surface area (Å²) in [5, 5.41) is 1.02. The molecule has 0 saturated carbocycles. The zero-order valence-corrected chi connectivity index (χ0v) is 22.9. The van der Waals surface area contributed by atoms with Crippen LogP contribution in [0.2, 0.25) is 4.34 Å². The van der Waals surface area contributed by atoms with E-state index in [2.05, 4.69) is 4.72 Å². The van der Waals surface area contributed by atoms with Gasteiger partial charge in [-0.3, -0.25) is 9.59 Å². The number of nitrogens with zero attached hydrogens (tertiary/aromatic N) is 2. The van der Waals surface area contributed by atoms with Crippen LogP contribution in [0.4, 0.5) is 10.1 Å². The van der Waals surface area contributed by atoms with E-state index < -0.39 is 43.5 Å². The number of carbonyl (C=O) groups excluding carboxylic acids is 2. The molecule has 1 fully saturated rings. The van der Waals surface area contributed by atoms with Crippen molar-refractivity contribution < 1.29 is 30.8 Å². The smallest absolute Gasteiger partial charge is 0.253 e. The van der Waals surface area contributed by atoms with Crippen molar-refractivity contribution in [3.8, 4) is 0 Å². The molecule has 2 amide bonds. The van der Waals surface area contributed by atoms with Crippen LogP contribution >= 0.6 is 22.9 Å². The van der Waals surface area contributed by atoms with Crippen LogP contribution < -0.4 is 9.62 Å². The van der Waals surface area contributed by atoms with Crippen molar-refractivity contribution in [2.45, 2.75) is 19.4 Å². The molecule has 3 rings (SSSR count). The summed E-state index contributed by atoms with van der Waals surface area (Å²) in [6.45, 7) is 1.63. The summed E-state index contributed by atoms with van der Waals surface area (Å²) >= 11 is 7.12. The number of allylic oxidation sites excluding steroid dienone is 1. The average Bonchev–Trinajstić information content (AvgIpc) is 3.36. The van der Waals surface area contributed by atoms with Gasteiger partial charge in [-0.05, 0) is 49.2 Å². The fourth-order valence-corrected chi connectivity index (χ4v) is 6.53. The molecule has 1 aromatic heterocycles. The Morgan fingerprint density at radius 3 is 2.56 bits per heavy atom. The number of sulfonamides is 1. The van der Waals surface area contributed by atoms with Crippen molar-refractivity contribution in [3.63, 3.8) is 0 Å². The molecule has 2 heterocycles. The van der Waals surface area contributed by atoms with Gasteiger partial charge >= 0.3 is 0 Å². The average molecular weight is 578 g/mol. The van der Waals surface area contributed by atoms with Gasteiger partial charge in [0.15, 0.2) is 0 Å². The number of halogens is 2. The molecule has 0 radical (unpaired) electrons. The first-order chi connectivity index (χ1) is 16.7. The molecule has 196 valence electrons. The largest absolute Gasteiger partial charge is 0.341 e. The lowest BCUT2D eigenvalue weighted by molar-refractivity contribution is -0.118. The number of rotatable bonds is 9. The molecule has 36 heavy (non-hydrogen) atoms. The fraction of sp³-hybridized carbons (Fsp3) is 0.364. The van der Waals surface area contributed by atoms with Gasteiger partial charge in [0.1, 0.15) is 21.7 Å². The fourth-order valence-electron chi connectivity index (χ4n) is 3.56. The van der Waals surface area contributed by atoms with Gasteiger partial charge in [0, 0.05) is 36.8 Å². The minimum atomic E-state index is -3.98. The number of anilines is 1. The van der Waals surface area contributed by atoms with Crippen LogP contribution in [-0.4, -0.2) is 71.7 Å². The van der Waals surface area contributed by atoms with Gasteiger partial charge in [-0.1, -0.05) is 11.6 Å². The normalized spacial score (nSPS) is 17.0. The third-order valence-corrected chi connectivity index (χ3v) is 9.00. The Balaban J connectivity index is 1.70. The Morgan fingerprint density at radius 2 is 1.97 bits per heavy atom. The predicted octanol–water partition coefficient (Wildman–Crippen LogP) is 2.74. The first kappa shape index (κ1) is 28.3. The maximum Gasteiger partial charge on any atom is 0.253 e. The summed E-state index contributed by atoms with van der Waals surface area (Å²) < 4.78 is 65.6. The quantitative estimate of drug-likeness (QED) is 0.489. The summed E-state index contributed by atoms with van der Waals surface area (Å²) in [6, 6.07) is 5.84. The van der Waals surface area contributed by atoms with E-state index in [1.165, 1.54) is 35.4 Å². The molecular weight excluding hydrogens is 553 g/mol. The molecule has 0 aliphatic carbocycles. The standard InChI is InChI=1S/C22H25ClFN3O6S3/c1-14(19-6-7-20(23)34-19)13-36(32,33)25-17-8-9-27(22(17)29)18-5-4-15(12-16(18)24)21(28)26(2)10-11-35(3,30)31/h4-7,12-13,17,25H,8-11H2,1-3H3. The monoisotopic (exact) mass is 577 g/mol. The van der Waals surface area contributed by atoms with Crippen LogP contribution in [-0.2, 0) is 24.7 Å². The third-order valence-electron chi connectivity index (χ3n) is 5.44. The van der Waals surface area contributed by atoms with Crippen LogP contribution in [0.15, 0.2) is 35.7 Å². The van der Waals surface area contributed by atoms with Gasteiger partial charge in [0.25, 0.3) is 5.91 Å². The number of sulfone groups is 1. The number of carbonyl (C=O) groups is 2. The SMILES string of the molecule is CC(=CS(=O)(=O)NC1CCN(c2ccc(C(=O)N(C)CCS(C)(=O)=O)cc2F)C1=O)c1ccc(Cl)s1. The Hall–Kier alpha value is -2.32. The molecule has 1 saturated heterocycles. The minimum absolute atomic E-state index is 0.00885. The number of hydrogen-bond donors (Lipinski definition) is 1. The summed E-state index contributed by atoms with van der Waals surface area (Å²) in [4.78, 5) is 28.3. The lowest BCUT2D eigenvalue weighted by atomic mass is 10.1. The van der Waals surface area contributed by atoms with Gasteiger partial charge in [0.05, 0.1) is 21.2 Å². The van der Waals surface area contributed by atoms with Crippen molar-refractivity contribution in [1.29, 1.82) is 0 Å². The second-order valence-corrected chi connectivity index (χ2v) is 14.0.